The van der Waals surface area contributed by atoms with Gasteiger partial charge in [-0.3, -0.25) is 9.63 Å². The third kappa shape index (κ3) is 11.0. The molecule has 7 heteroatoms. The van der Waals surface area contributed by atoms with Gasteiger partial charge < -0.3 is 10.4 Å². The topological polar surface area (TPSA) is 78.9 Å². The van der Waals surface area contributed by atoms with Gasteiger partial charge in [0.05, 0.1) is 12.2 Å². The van der Waals surface area contributed by atoms with Crippen LogP contribution in [-0.2, 0) is 16.2 Å². The van der Waals surface area contributed by atoms with Crippen molar-refractivity contribution < 1.29 is 19.5 Å². The molecule has 2 rings (SSSR count). The molecule has 0 spiro atoms. The average Bonchev–Trinajstić information content (AvgIpc) is 2.87. The standard InChI is InChI=1S/C29H41ClN2O4/c1-3-4-5-6-7-8-9-10-11-12-20-31-29(35)25-18-16-24(17-19-25)21-32(36-22-28(33)34)27-15-13-14-26(30)23(27)2/h13-19H,3-12,20-22H2,1-2H3,(H,31,35)(H,33,34). The smallest absolute Gasteiger partial charge is 0.332 e. The monoisotopic (exact) mass is 516 g/mol. The molecule has 0 saturated carbocycles. The molecule has 0 fully saturated rings. The van der Waals surface area contributed by atoms with Crippen LogP contribution in [-0.4, -0.2) is 30.1 Å². The number of nitrogens with one attached hydrogen (secondary N) is 1. The molecule has 6 nitrogen and oxygen atoms in total. The fourth-order valence-electron chi connectivity index (χ4n) is 4.04. The Morgan fingerprint density at radius 2 is 1.53 bits per heavy atom. The van der Waals surface area contributed by atoms with E-state index in [0.29, 0.717) is 29.4 Å². The molecule has 1 amide bonds. The van der Waals surface area contributed by atoms with Gasteiger partial charge in [0.2, 0.25) is 0 Å². The maximum atomic E-state index is 12.5. The third-order valence-corrected chi connectivity index (χ3v) is 6.62. The van der Waals surface area contributed by atoms with Gasteiger partial charge in [0, 0.05) is 17.1 Å². The largest absolute Gasteiger partial charge is 0.479 e. The van der Waals surface area contributed by atoms with E-state index < -0.39 is 12.6 Å². The summed E-state index contributed by atoms with van der Waals surface area (Å²) in [7, 11) is 0. The van der Waals surface area contributed by atoms with Crippen molar-refractivity contribution in [3.63, 3.8) is 0 Å². The zero-order valence-electron chi connectivity index (χ0n) is 21.7. The van der Waals surface area contributed by atoms with E-state index >= 15 is 0 Å². The van der Waals surface area contributed by atoms with Crippen molar-refractivity contribution in [3.8, 4) is 0 Å². The van der Waals surface area contributed by atoms with E-state index in [9.17, 15) is 9.59 Å². The number of hydrogen-bond acceptors (Lipinski definition) is 4. The quantitative estimate of drug-likeness (QED) is 0.160. The number of carboxylic acid groups (broad SMARTS) is 1. The van der Waals surface area contributed by atoms with E-state index in [2.05, 4.69) is 12.2 Å². The van der Waals surface area contributed by atoms with Gasteiger partial charge >= 0.3 is 5.97 Å². The first-order valence-electron chi connectivity index (χ1n) is 13.2. The third-order valence-electron chi connectivity index (χ3n) is 6.21. The Kier molecular flexibility index (Phi) is 14.0. The van der Waals surface area contributed by atoms with Crippen LogP contribution in [0.3, 0.4) is 0 Å². The van der Waals surface area contributed by atoms with Gasteiger partial charge in [0.1, 0.15) is 0 Å². The van der Waals surface area contributed by atoms with Crippen molar-refractivity contribution in [1.82, 2.24) is 5.32 Å². The summed E-state index contributed by atoms with van der Waals surface area (Å²) < 4.78 is 0. The van der Waals surface area contributed by atoms with E-state index in [1.165, 1.54) is 56.4 Å². The van der Waals surface area contributed by atoms with Crippen LogP contribution in [0.5, 0.6) is 0 Å². The van der Waals surface area contributed by atoms with E-state index in [-0.39, 0.29) is 5.91 Å². The molecule has 36 heavy (non-hydrogen) atoms. The number of carbonyl (C=O) groups excluding carboxylic acids is 1. The van der Waals surface area contributed by atoms with Gasteiger partial charge in [-0.25, -0.2) is 9.86 Å². The molecule has 0 aliphatic carbocycles. The van der Waals surface area contributed by atoms with Crippen LogP contribution in [0.25, 0.3) is 0 Å². The second-order valence-electron chi connectivity index (χ2n) is 9.22. The van der Waals surface area contributed by atoms with Gasteiger partial charge in [-0.1, -0.05) is 94.5 Å². The van der Waals surface area contributed by atoms with Crippen molar-refractivity contribution in [1.29, 1.82) is 0 Å². The number of carbonyl (C=O) groups is 2. The van der Waals surface area contributed by atoms with E-state index in [1.807, 2.05) is 25.1 Å². The minimum atomic E-state index is -1.06. The highest BCUT2D eigenvalue weighted by atomic mass is 35.5. The number of nitrogens with zero attached hydrogens (tertiary/aromatic N) is 1. The van der Waals surface area contributed by atoms with Crippen LogP contribution < -0.4 is 10.4 Å². The van der Waals surface area contributed by atoms with Crippen molar-refractivity contribution in [3.05, 3.63) is 64.2 Å². The molecule has 0 heterocycles. The SMILES string of the molecule is CCCCCCCCCCCCNC(=O)c1ccc(CN(OCC(=O)O)c2cccc(Cl)c2C)cc1. The Bertz CT molecular complexity index is 933. The zero-order chi connectivity index (χ0) is 26.2. The molecule has 0 bridgehead atoms. The summed E-state index contributed by atoms with van der Waals surface area (Å²) in [4.78, 5) is 29.1. The van der Waals surface area contributed by atoms with Crippen molar-refractivity contribution in [2.75, 3.05) is 18.2 Å². The molecule has 198 valence electrons. The van der Waals surface area contributed by atoms with Crippen LogP contribution in [0.2, 0.25) is 5.02 Å². The summed E-state index contributed by atoms with van der Waals surface area (Å²) in [6.45, 7) is 4.63. The maximum absolute atomic E-state index is 12.5. The molecular weight excluding hydrogens is 476 g/mol. The van der Waals surface area contributed by atoms with Crippen LogP contribution >= 0.6 is 11.6 Å². The Hall–Kier alpha value is -2.57. The molecule has 2 N–H and O–H groups in total. The fourth-order valence-corrected chi connectivity index (χ4v) is 4.21. The summed E-state index contributed by atoms with van der Waals surface area (Å²) in [6.07, 6.45) is 12.7. The number of hydrogen-bond donors (Lipinski definition) is 2. The first kappa shape index (κ1) is 29.7. The van der Waals surface area contributed by atoms with Crippen molar-refractivity contribution in [2.45, 2.75) is 84.6 Å². The lowest BCUT2D eigenvalue weighted by atomic mass is 10.1. The lowest BCUT2D eigenvalue weighted by molar-refractivity contribution is -0.142. The number of carboxylic acids is 1. The Labute approximate surface area is 220 Å². The Balaban J connectivity index is 1.77. The first-order valence-corrected chi connectivity index (χ1v) is 13.5. The van der Waals surface area contributed by atoms with Crippen LogP contribution in [0.1, 0.15) is 92.6 Å². The molecule has 0 atom stereocenters. The van der Waals surface area contributed by atoms with E-state index in [1.54, 1.807) is 24.3 Å². The number of amides is 1. The summed E-state index contributed by atoms with van der Waals surface area (Å²) in [5.41, 5.74) is 2.98. The number of halogens is 1. The van der Waals surface area contributed by atoms with Gasteiger partial charge in [-0.15, -0.1) is 0 Å². The Morgan fingerprint density at radius 1 is 0.917 bits per heavy atom. The zero-order valence-corrected chi connectivity index (χ0v) is 22.5. The van der Waals surface area contributed by atoms with Crippen LogP contribution in [0.15, 0.2) is 42.5 Å². The molecule has 0 aliphatic rings. The second-order valence-corrected chi connectivity index (χ2v) is 9.63. The average molecular weight is 517 g/mol. The second kappa shape index (κ2) is 17.0. The number of benzene rings is 2. The van der Waals surface area contributed by atoms with E-state index in [4.69, 9.17) is 21.5 Å². The summed E-state index contributed by atoms with van der Waals surface area (Å²) in [5, 5.41) is 14.2. The molecule has 0 aromatic heterocycles. The highest BCUT2D eigenvalue weighted by Crippen LogP contribution is 2.28. The fraction of sp³-hybridized carbons (Fsp3) is 0.517. The predicted molar refractivity (Wildman–Crippen MR) is 147 cm³/mol. The molecule has 2 aromatic carbocycles. The number of hydroxylamine groups is 1. The van der Waals surface area contributed by atoms with Crippen LogP contribution in [0.4, 0.5) is 5.69 Å². The summed E-state index contributed by atoms with van der Waals surface area (Å²) >= 11 is 6.24. The van der Waals surface area contributed by atoms with Gasteiger partial charge in [0.15, 0.2) is 6.61 Å². The number of aliphatic carboxylic acids is 1. The lowest BCUT2D eigenvalue weighted by Gasteiger charge is -2.25. The van der Waals surface area contributed by atoms with Gasteiger partial charge in [-0.2, -0.15) is 0 Å². The van der Waals surface area contributed by atoms with Gasteiger partial charge in [0.25, 0.3) is 5.91 Å². The van der Waals surface area contributed by atoms with Crippen molar-refractivity contribution >= 4 is 29.2 Å². The predicted octanol–water partition coefficient (Wildman–Crippen LogP) is 7.32. The highest BCUT2D eigenvalue weighted by Gasteiger charge is 2.15. The molecule has 2 aromatic rings. The lowest BCUT2D eigenvalue weighted by Crippen LogP contribution is -2.27. The minimum Gasteiger partial charge on any atom is -0.479 e. The molecule has 0 unspecified atom stereocenters. The summed E-state index contributed by atoms with van der Waals surface area (Å²) in [6, 6.07) is 12.7. The number of unbranched alkanes of at least 4 members (excludes halogenated alkanes) is 9. The highest BCUT2D eigenvalue weighted by molar-refractivity contribution is 6.31. The molecular formula is C29H41ClN2O4. The molecule has 0 saturated heterocycles. The number of rotatable bonds is 18. The van der Waals surface area contributed by atoms with Gasteiger partial charge in [-0.05, 0) is 48.7 Å². The maximum Gasteiger partial charge on any atom is 0.332 e. The molecule has 0 aliphatic heterocycles. The normalized spacial score (nSPS) is 10.9. The van der Waals surface area contributed by atoms with E-state index in [0.717, 1.165) is 24.0 Å². The Morgan fingerprint density at radius 3 is 2.14 bits per heavy atom. The number of anilines is 1. The minimum absolute atomic E-state index is 0.0813. The van der Waals surface area contributed by atoms with Crippen LogP contribution in [0, 0.1) is 6.92 Å². The first-order chi connectivity index (χ1) is 17.4. The summed E-state index contributed by atoms with van der Waals surface area (Å²) in [5.74, 6) is -1.14. The molecule has 0 radical (unpaired) electrons. The van der Waals surface area contributed by atoms with Crippen molar-refractivity contribution in [2.24, 2.45) is 0 Å².